The van der Waals surface area contributed by atoms with E-state index in [4.69, 9.17) is 0 Å². The second kappa shape index (κ2) is 4.66. The van der Waals surface area contributed by atoms with Crippen molar-refractivity contribution in [1.29, 1.82) is 0 Å². The molecule has 3 saturated carbocycles. The molecule has 4 rings (SSSR count). The fourth-order valence-electron chi connectivity index (χ4n) is 6.63. The Kier molecular flexibility index (Phi) is 3.15. The van der Waals surface area contributed by atoms with Gasteiger partial charge < -0.3 is 5.11 Å². The quantitative estimate of drug-likeness (QED) is 0.691. The average Bonchev–Trinajstić information content (AvgIpc) is 2.70. The number of halogens is 1. The molecule has 1 N–H and O–H groups in total. The van der Waals surface area contributed by atoms with Gasteiger partial charge in [0.15, 0.2) is 12.0 Å². The third-order valence-electron chi connectivity index (χ3n) is 7.66. The summed E-state index contributed by atoms with van der Waals surface area (Å²) in [4.78, 5) is 12.3. The van der Waals surface area contributed by atoms with Crippen LogP contribution in [-0.4, -0.2) is 23.2 Å². The third kappa shape index (κ3) is 1.72. The zero-order valence-electron chi connectivity index (χ0n) is 13.6. The van der Waals surface area contributed by atoms with Crippen molar-refractivity contribution in [2.24, 2.45) is 28.6 Å². The predicted octanol–water partition coefficient (Wildman–Crippen LogP) is 3.83. The SMILES string of the molecule is C[C@]12CCCC=C1CC[C@@H]1[C@H]2C(O)C[C@]2(C)C(=O)C(F)C[C@@H]12. The molecule has 7 atom stereocenters. The molecule has 122 valence electrons. The average molecular weight is 306 g/mol. The van der Waals surface area contributed by atoms with Crippen molar-refractivity contribution in [2.45, 2.75) is 71.1 Å². The number of rotatable bonds is 0. The summed E-state index contributed by atoms with van der Waals surface area (Å²) in [6.45, 7) is 4.22. The molecule has 0 aromatic rings. The Balaban J connectivity index is 1.75. The van der Waals surface area contributed by atoms with E-state index in [0.717, 1.165) is 25.7 Å². The fraction of sp³-hybridized carbons (Fsp3) is 0.842. The maximum atomic E-state index is 14.1. The molecule has 4 aliphatic carbocycles. The number of alkyl halides is 1. The van der Waals surface area contributed by atoms with E-state index in [1.807, 2.05) is 6.92 Å². The molecule has 0 aromatic carbocycles. The second-order valence-corrected chi connectivity index (χ2v) is 8.63. The third-order valence-corrected chi connectivity index (χ3v) is 7.66. The Morgan fingerprint density at radius 1 is 1.32 bits per heavy atom. The van der Waals surface area contributed by atoms with E-state index in [-0.39, 0.29) is 23.0 Å². The Hall–Kier alpha value is -0.700. The second-order valence-electron chi connectivity index (χ2n) is 8.63. The minimum atomic E-state index is -1.31. The predicted molar refractivity (Wildman–Crippen MR) is 83.0 cm³/mol. The van der Waals surface area contributed by atoms with E-state index < -0.39 is 17.7 Å². The highest BCUT2D eigenvalue weighted by Gasteiger charge is 2.64. The van der Waals surface area contributed by atoms with Crippen LogP contribution in [0.3, 0.4) is 0 Å². The van der Waals surface area contributed by atoms with Gasteiger partial charge in [-0.25, -0.2) is 4.39 Å². The molecule has 2 nitrogen and oxygen atoms in total. The van der Waals surface area contributed by atoms with Gasteiger partial charge in [0.05, 0.1) is 6.10 Å². The number of carbonyl (C=O) groups is 1. The molecular weight excluding hydrogens is 279 g/mol. The van der Waals surface area contributed by atoms with Gasteiger partial charge in [-0.1, -0.05) is 25.5 Å². The van der Waals surface area contributed by atoms with E-state index >= 15 is 0 Å². The standard InChI is InChI=1S/C19H27FO2/c1-18-8-4-3-5-11(18)6-7-12-13-9-14(20)17(22)19(13,2)10-15(21)16(12)18/h5,12-16,21H,3-4,6-10H2,1-2H3/t12-,13-,14?,15?,16-,18-,19-/m0/s1. The Labute approximate surface area is 132 Å². The topological polar surface area (TPSA) is 37.3 Å². The van der Waals surface area contributed by atoms with Crippen molar-refractivity contribution in [2.75, 3.05) is 0 Å². The first kappa shape index (κ1) is 14.9. The van der Waals surface area contributed by atoms with Crippen molar-refractivity contribution < 1.29 is 14.3 Å². The number of fused-ring (bicyclic) bond motifs is 5. The van der Waals surface area contributed by atoms with Gasteiger partial charge in [0, 0.05) is 5.41 Å². The molecule has 0 aromatic heterocycles. The number of aliphatic hydroxyl groups excluding tert-OH is 1. The molecule has 22 heavy (non-hydrogen) atoms. The highest BCUT2D eigenvalue weighted by molar-refractivity contribution is 5.91. The number of hydrogen-bond acceptors (Lipinski definition) is 2. The smallest absolute Gasteiger partial charge is 0.173 e. The first-order valence-corrected chi connectivity index (χ1v) is 8.94. The zero-order chi connectivity index (χ0) is 15.7. The molecule has 4 aliphatic rings. The summed E-state index contributed by atoms with van der Waals surface area (Å²) in [6.07, 6.45) is 7.02. The van der Waals surface area contributed by atoms with E-state index in [1.54, 1.807) is 0 Å². The van der Waals surface area contributed by atoms with Crippen LogP contribution in [0.5, 0.6) is 0 Å². The Morgan fingerprint density at radius 2 is 2.09 bits per heavy atom. The van der Waals surface area contributed by atoms with Crippen molar-refractivity contribution >= 4 is 5.78 Å². The maximum Gasteiger partial charge on any atom is 0.173 e. The van der Waals surface area contributed by atoms with Gasteiger partial charge in [0.2, 0.25) is 0 Å². The van der Waals surface area contributed by atoms with Crippen LogP contribution in [0.4, 0.5) is 4.39 Å². The number of Topliss-reactive ketones (excluding diaryl/α,β-unsaturated/α-hetero) is 1. The number of allylic oxidation sites excluding steroid dienone is 2. The first-order valence-electron chi connectivity index (χ1n) is 8.94. The highest BCUT2D eigenvalue weighted by Crippen LogP contribution is 2.64. The molecular formula is C19H27FO2. The normalized spacial score (nSPS) is 54.3. The minimum absolute atomic E-state index is 0.0688. The lowest BCUT2D eigenvalue weighted by Crippen LogP contribution is -2.56. The zero-order valence-corrected chi connectivity index (χ0v) is 13.6. The molecule has 0 spiro atoms. The van der Waals surface area contributed by atoms with Crippen LogP contribution in [0.2, 0.25) is 0 Å². The lowest BCUT2D eigenvalue weighted by atomic mass is 9.46. The van der Waals surface area contributed by atoms with Gasteiger partial charge in [0.25, 0.3) is 0 Å². The van der Waals surface area contributed by atoms with Gasteiger partial charge in [-0.3, -0.25) is 4.79 Å². The van der Waals surface area contributed by atoms with E-state index in [0.29, 0.717) is 18.8 Å². The minimum Gasteiger partial charge on any atom is -0.393 e. The van der Waals surface area contributed by atoms with Gasteiger partial charge >= 0.3 is 0 Å². The number of ketones is 1. The van der Waals surface area contributed by atoms with Crippen molar-refractivity contribution in [3.8, 4) is 0 Å². The van der Waals surface area contributed by atoms with Gasteiger partial charge in [0.1, 0.15) is 0 Å². The molecule has 3 fully saturated rings. The van der Waals surface area contributed by atoms with Crippen LogP contribution in [0.15, 0.2) is 11.6 Å². The fourth-order valence-corrected chi connectivity index (χ4v) is 6.63. The Morgan fingerprint density at radius 3 is 2.86 bits per heavy atom. The molecule has 0 saturated heterocycles. The van der Waals surface area contributed by atoms with Crippen LogP contribution >= 0.6 is 0 Å². The lowest BCUT2D eigenvalue weighted by molar-refractivity contribution is -0.147. The monoisotopic (exact) mass is 306 g/mol. The van der Waals surface area contributed by atoms with Crippen molar-refractivity contribution in [1.82, 2.24) is 0 Å². The molecule has 0 radical (unpaired) electrons. The number of hydrogen-bond donors (Lipinski definition) is 1. The lowest BCUT2D eigenvalue weighted by Gasteiger charge is -2.58. The van der Waals surface area contributed by atoms with Gasteiger partial charge in [-0.15, -0.1) is 0 Å². The molecule has 0 aliphatic heterocycles. The largest absolute Gasteiger partial charge is 0.393 e. The summed E-state index contributed by atoms with van der Waals surface area (Å²) in [7, 11) is 0. The van der Waals surface area contributed by atoms with Crippen molar-refractivity contribution in [3.63, 3.8) is 0 Å². The summed E-state index contributed by atoms with van der Waals surface area (Å²) in [5.74, 6) is 0.400. The number of aliphatic hydroxyl groups is 1. The van der Waals surface area contributed by atoms with Crippen LogP contribution < -0.4 is 0 Å². The number of carbonyl (C=O) groups excluding carboxylic acids is 1. The van der Waals surface area contributed by atoms with Crippen LogP contribution in [0, 0.1) is 28.6 Å². The molecule has 0 amide bonds. The summed E-state index contributed by atoms with van der Waals surface area (Å²) < 4.78 is 14.1. The van der Waals surface area contributed by atoms with Gasteiger partial charge in [-0.05, 0) is 68.1 Å². The van der Waals surface area contributed by atoms with E-state index in [9.17, 15) is 14.3 Å². The van der Waals surface area contributed by atoms with Gasteiger partial charge in [-0.2, -0.15) is 0 Å². The first-order chi connectivity index (χ1) is 10.4. The molecule has 2 unspecified atom stereocenters. The highest BCUT2D eigenvalue weighted by atomic mass is 19.1. The maximum absolute atomic E-state index is 14.1. The van der Waals surface area contributed by atoms with E-state index in [2.05, 4.69) is 13.0 Å². The summed E-state index contributed by atoms with van der Waals surface area (Å²) in [5.41, 5.74) is 0.954. The van der Waals surface area contributed by atoms with Crippen LogP contribution in [0.1, 0.15) is 58.8 Å². The summed E-state index contributed by atoms with van der Waals surface area (Å²) in [5, 5.41) is 10.9. The van der Waals surface area contributed by atoms with E-state index in [1.165, 1.54) is 12.0 Å². The molecule has 3 heteroatoms. The molecule has 0 bridgehead atoms. The van der Waals surface area contributed by atoms with Crippen LogP contribution in [-0.2, 0) is 4.79 Å². The molecule has 0 heterocycles. The summed E-state index contributed by atoms with van der Waals surface area (Å²) in [6, 6.07) is 0. The van der Waals surface area contributed by atoms with Crippen molar-refractivity contribution in [3.05, 3.63) is 11.6 Å². The Bertz CT molecular complexity index is 542. The van der Waals surface area contributed by atoms with Crippen LogP contribution in [0.25, 0.3) is 0 Å². The summed E-state index contributed by atoms with van der Waals surface area (Å²) >= 11 is 0.